The predicted molar refractivity (Wildman–Crippen MR) is 89.6 cm³/mol. The van der Waals surface area contributed by atoms with Crippen LogP contribution < -0.4 is 11.1 Å². The standard InChI is InChI=1S/C18H20N2O/c1-3-11-20-17-14(8-6-9-15(17)19)18-12(2)13-7-4-5-10-16(13)21-18/h4-10,20H,3,11,19H2,1-2H3. The van der Waals surface area contributed by atoms with Crippen molar-refractivity contribution in [3.05, 3.63) is 48.0 Å². The first-order valence-corrected chi connectivity index (χ1v) is 7.33. The number of hydrogen-bond acceptors (Lipinski definition) is 3. The SMILES string of the molecule is CCCNc1c(N)cccc1-c1oc2ccccc2c1C. The van der Waals surface area contributed by atoms with Crippen molar-refractivity contribution in [2.24, 2.45) is 0 Å². The van der Waals surface area contributed by atoms with Gasteiger partial charge in [-0.15, -0.1) is 0 Å². The van der Waals surface area contributed by atoms with Crippen LogP contribution in [0.1, 0.15) is 18.9 Å². The molecule has 0 aliphatic heterocycles. The van der Waals surface area contributed by atoms with Gasteiger partial charge >= 0.3 is 0 Å². The summed E-state index contributed by atoms with van der Waals surface area (Å²) in [5.74, 6) is 0.891. The van der Waals surface area contributed by atoms with E-state index in [4.69, 9.17) is 10.2 Å². The van der Waals surface area contributed by atoms with Crippen molar-refractivity contribution in [3.8, 4) is 11.3 Å². The zero-order valence-corrected chi connectivity index (χ0v) is 12.4. The quantitative estimate of drug-likeness (QED) is 0.674. The summed E-state index contributed by atoms with van der Waals surface area (Å²) in [6.07, 6.45) is 1.05. The lowest BCUT2D eigenvalue weighted by Crippen LogP contribution is -2.04. The molecule has 3 N–H and O–H groups in total. The maximum absolute atomic E-state index is 6.14. The van der Waals surface area contributed by atoms with Crippen LogP contribution in [0.4, 0.5) is 11.4 Å². The molecule has 0 spiro atoms. The molecule has 0 aliphatic carbocycles. The third-order valence-corrected chi connectivity index (χ3v) is 3.74. The van der Waals surface area contributed by atoms with Gasteiger partial charge in [-0.3, -0.25) is 0 Å². The monoisotopic (exact) mass is 280 g/mol. The molecule has 1 heterocycles. The molecule has 2 aromatic carbocycles. The van der Waals surface area contributed by atoms with Crippen molar-refractivity contribution in [1.29, 1.82) is 0 Å². The second kappa shape index (κ2) is 5.52. The zero-order valence-electron chi connectivity index (χ0n) is 12.4. The van der Waals surface area contributed by atoms with Crippen LogP contribution in [0.15, 0.2) is 46.9 Å². The smallest absolute Gasteiger partial charge is 0.140 e. The molecule has 0 unspecified atom stereocenters. The lowest BCUT2D eigenvalue weighted by Gasteiger charge is -2.13. The first-order chi connectivity index (χ1) is 10.2. The van der Waals surface area contributed by atoms with Gasteiger partial charge in [0.05, 0.1) is 11.4 Å². The van der Waals surface area contributed by atoms with E-state index in [1.54, 1.807) is 0 Å². The summed E-state index contributed by atoms with van der Waals surface area (Å²) < 4.78 is 6.06. The topological polar surface area (TPSA) is 51.2 Å². The summed E-state index contributed by atoms with van der Waals surface area (Å²) in [4.78, 5) is 0. The molecule has 108 valence electrons. The van der Waals surface area contributed by atoms with Crippen LogP contribution in [0.5, 0.6) is 0 Å². The minimum atomic E-state index is 0.751. The zero-order chi connectivity index (χ0) is 14.8. The third-order valence-electron chi connectivity index (χ3n) is 3.74. The average molecular weight is 280 g/mol. The summed E-state index contributed by atoms with van der Waals surface area (Å²) >= 11 is 0. The van der Waals surface area contributed by atoms with Crippen molar-refractivity contribution in [3.63, 3.8) is 0 Å². The van der Waals surface area contributed by atoms with Gasteiger partial charge in [-0.2, -0.15) is 0 Å². The van der Waals surface area contributed by atoms with E-state index >= 15 is 0 Å². The first-order valence-electron chi connectivity index (χ1n) is 7.33. The highest BCUT2D eigenvalue weighted by molar-refractivity contribution is 5.92. The van der Waals surface area contributed by atoms with Gasteiger partial charge in [-0.25, -0.2) is 0 Å². The van der Waals surface area contributed by atoms with Crippen molar-refractivity contribution >= 4 is 22.3 Å². The van der Waals surface area contributed by atoms with Gasteiger partial charge in [-0.05, 0) is 31.5 Å². The van der Waals surface area contributed by atoms with Crippen LogP contribution in [-0.2, 0) is 0 Å². The Hall–Kier alpha value is -2.42. The van der Waals surface area contributed by atoms with Gasteiger partial charge < -0.3 is 15.5 Å². The molecule has 0 bridgehead atoms. The Labute approximate surface area is 124 Å². The molecule has 21 heavy (non-hydrogen) atoms. The van der Waals surface area contributed by atoms with Gasteiger partial charge in [0, 0.05) is 23.1 Å². The number of benzene rings is 2. The number of nitrogens with two attached hydrogens (primary N) is 1. The largest absolute Gasteiger partial charge is 0.456 e. The van der Waals surface area contributed by atoms with E-state index in [1.165, 1.54) is 0 Å². The number of fused-ring (bicyclic) bond motifs is 1. The van der Waals surface area contributed by atoms with Crippen molar-refractivity contribution in [1.82, 2.24) is 0 Å². The number of para-hydroxylation sites is 2. The minimum absolute atomic E-state index is 0.751. The predicted octanol–water partition coefficient (Wildman–Crippen LogP) is 4.81. The van der Waals surface area contributed by atoms with E-state index in [2.05, 4.69) is 31.3 Å². The molecule has 3 rings (SSSR count). The first kappa shape index (κ1) is 13.6. The van der Waals surface area contributed by atoms with Crippen molar-refractivity contribution < 1.29 is 4.42 Å². The van der Waals surface area contributed by atoms with Crippen LogP contribution in [0.3, 0.4) is 0 Å². The molecule has 0 saturated heterocycles. The molecule has 0 fully saturated rings. The summed E-state index contributed by atoms with van der Waals surface area (Å²) in [5.41, 5.74) is 10.9. The maximum Gasteiger partial charge on any atom is 0.140 e. The van der Waals surface area contributed by atoms with Crippen LogP contribution in [-0.4, -0.2) is 6.54 Å². The lowest BCUT2D eigenvalue weighted by molar-refractivity contribution is 0.629. The maximum atomic E-state index is 6.14. The summed E-state index contributed by atoms with van der Waals surface area (Å²) in [7, 11) is 0. The van der Waals surface area contributed by atoms with E-state index in [1.807, 2.05) is 30.3 Å². The Morgan fingerprint density at radius 2 is 1.90 bits per heavy atom. The van der Waals surface area contributed by atoms with Gasteiger partial charge in [0.15, 0.2) is 0 Å². The Kier molecular flexibility index (Phi) is 3.57. The van der Waals surface area contributed by atoms with E-state index in [0.717, 1.165) is 52.2 Å². The minimum Gasteiger partial charge on any atom is -0.456 e. The van der Waals surface area contributed by atoms with Gasteiger partial charge in [0.25, 0.3) is 0 Å². The number of nitrogen functional groups attached to an aromatic ring is 1. The fraction of sp³-hybridized carbons (Fsp3) is 0.222. The molecular weight excluding hydrogens is 260 g/mol. The van der Waals surface area contributed by atoms with Gasteiger partial charge in [-0.1, -0.05) is 31.2 Å². The summed E-state index contributed by atoms with van der Waals surface area (Å²) in [6.45, 7) is 5.12. The molecule has 0 radical (unpaired) electrons. The average Bonchev–Trinajstić information content (AvgIpc) is 2.83. The highest BCUT2D eigenvalue weighted by Gasteiger charge is 2.16. The van der Waals surface area contributed by atoms with Crippen LogP contribution in [0, 0.1) is 6.92 Å². The van der Waals surface area contributed by atoms with Crippen LogP contribution in [0.2, 0.25) is 0 Å². The molecule has 1 aromatic heterocycles. The molecule has 0 atom stereocenters. The normalized spacial score (nSPS) is 11.0. The third kappa shape index (κ3) is 2.35. The van der Waals surface area contributed by atoms with Crippen LogP contribution in [0.25, 0.3) is 22.3 Å². The van der Waals surface area contributed by atoms with E-state index in [0.29, 0.717) is 0 Å². The Morgan fingerprint density at radius 3 is 2.67 bits per heavy atom. The second-order valence-corrected chi connectivity index (χ2v) is 5.25. The highest BCUT2D eigenvalue weighted by Crippen LogP contribution is 2.38. The van der Waals surface area contributed by atoms with Crippen LogP contribution >= 0.6 is 0 Å². The second-order valence-electron chi connectivity index (χ2n) is 5.25. The molecule has 0 aliphatic rings. The van der Waals surface area contributed by atoms with Crippen molar-refractivity contribution in [2.75, 3.05) is 17.6 Å². The molecule has 3 aromatic rings. The number of rotatable bonds is 4. The Bertz CT molecular complexity index is 774. The number of furan rings is 1. The van der Waals surface area contributed by atoms with Crippen molar-refractivity contribution in [2.45, 2.75) is 20.3 Å². The molecule has 3 nitrogen and oxygen atoms in total. The summed E-state index contributed by atoms with van der Waals surface area (Å²) in [5, 5.41) is 4.57. The number of nitrogens with one attached hydrogen (secondary N) is 1. The molecule has 0 amide bonds. The molecule has 3 heteroatoms. The van der Waals surface area contributed by atoms with E-state index in [9.17, 15) is 0 Å². The molecule has 0 saturated carbocycles. The Balaban J connectivity index is 2.18. The van der Waals surface area contributed by atoms with Gasteiger partial charge in [0.1, 0.15) is 11.3 Å². The highest BCUT2D eigenvalue weighted by atomic mass is 16.3. The summed E-state index contributed by atoms with van der Waals surface area (Å²) in [6, 6.07) is 14.0. The van der Waals surface area contributed by atoms with E-state index < -0.39 is 0 Å². The number of hydrogen-bond donors (Lipinski definition) is 2. The number of anilines is 2. The number of aryl methyl sites for hydroxylation is 1. The van der Waals surface area contributed by atoms with Gasteiger partial charge in [0.2, 0.25) is 0 Å². The van der Waals surface area contributed by atoms with E-state index in [-0.39, 0.29) is 0 Å². The lowest BCUT2D eigenvalue weighted by atomic mass is 10.0. The molecular formula is C18H20N2O. The Morgan fingerprint density at radius 1 is 1.10 bits per heavy atom. The fourth-order valence-corrected chi connectivity index (χ4v) is 2.64. The fourth-order valence-electron chi connectivity index (χ4n) is 2.64.